The number of rotatable bonds is 5. The first-order valence-electron chi connectivity index (χ1n) is 9.69. The molecule has 134 valence electrons. The molecule has 1 aliphatic carbocycles. The van der Waals surface area contributed by atoms with E-state index in [9.17, 15) is 0 Å². The van der Waals surface area contributed by atoms with E-state index in [4.69, 9.17) is 0 Å². The van der Waals surface area contributed by atoms with Crippen molar-refractivity contribution in [3.63, 3.8) is 0 Å². The van der Waals surface area contributed by atoms with Crippen LogP contribution in [-0.4, -0.2) is 27.9 Å². The Labute approximate surface area is 158 Å². The van der Waals surface area contributed by atoms with Gasteiger partial charge in [-0.2, -0.15) is 0 Å². The van der Waals surface area contributed by atoms with Crippen molar-refractivity contribution < 1.29 is 0 Å². The van der Waals surface area contributed by atoms with Crippen molar-refractivity contribution in [3.8, 4) is 0 Å². The number of hydrogen-bond acceptors (Lipinski definition) is 4. The fraction of sp³-hybridized carbons (Fsp3) is 0.429. The van der Waals surface area contributed by atoms with E-state index >= 15 is 0 Å². The van der Waals surface area contributed by atoms with Crippen molar-refractivity contribution >= 4 is 28.5 Å². The highest BCUT2D eigenvalue weighted by Crippen LogP contribution is 2.42. The van der Waals surface area contributed by atoms with Crippen LogP contribution in [0.2, 0.25) is 0 Å². The summed E-state index contributed by atoms with van der Waals surface area (Å²) in [5.74, 6) is 2.04. The molecule has 0 N–H and O–H groups in total. The largest absolute Gasteiger partial charge is 0.341 e. The summed E-state index contributed by atoms with van der Waals surface area (Å²) < 4.78 is 2.42. The van der Waals surface area contributed by atoms with Crippen LogP contribution in [0.25, 0.3) is 10.8 Å². The van der Waals surface area contributed by atoms with Crippen LogP contribution in [-0.2, 0) is 5.75 Å². The average Bonchev–Trinajstić information content (AvgIpc) is 3.46. The summed E-state index contributed by atoms with van der Waals surface area (Å²) >= 11 is 1.83. The van der Waals surface area contributed by atoms with Crippen LogP contribution >= 0.6 is 11.8 Å². The number of anilines is 1. The van der Waals surface area contributed by atoms with Gasteiger partial charge in [0.1, 0.15) is 0 Å². The van der Waals surface area contributed by atoms with Gasteiger partial charge in [-0.05, 0) is 48.4 Å². The number of thioether (sulfide) groups is 1. The summed E-state index contributed by atoms with van der Waals surface area (Å²) in [6.45, 7) is 2.25. The lowest BCUT2D eigenvalue weighted by molar-refractivity contribution is 0.548. The molecule has 4 nitrogen and oxygen atoms in total. The third kappa shape index (κ3) is 3.09. The van der Waals surface area contributed by atoms with Crippen LogP contribution in [0, 0.1) is 0 Å². The normalized spacial score (nSPS) is 17.8. The van der Waals surface area contributed by atoms with Crippen molar-refractivity contribution in [2.75, 3.05) is 18.0 Å². The van der Waals surface area contributed by atoms with Crippen LogP contribution in [0.5, 0.6) is 0 Å². The van der Waals surface area contributed by atoms with Crippen molar-refractivity contribution in [2.45, 2.75) is 49.1 Å². The standard InChI is InChI=1S/C21H24N4S/c1-4-13-24(14-5-1)20-22-23-21(25(20)18-11-12-18)26-15-17-9-6-8-16-7-2-3-10-19(16)17/h2-3,6-10,18H,1,4-5,11-15H2. The molecule has 0 amide bonds. The van der Waals surface area contributed by atoms with Crippen molar-refractivity contribution in [1.29, 1.82) is 0 Å². The van der Waals surface area contributed by atoms with Gasteiger partial charge in [0.15, 0.2) is 5.16 Å². The van der Waals surface area contributed by atoms with Gasteiger partial charge in [0, 0.05) is 24.9 Å². The summed E-state index contributed by atoms with van der Waals surface area (Å²) in [4.78, 5) is 2.44. The minimum Gasteiger partial charge on any atom is -0.341 e. The molecule has 0 radical (unpaired) electrons. The number of fused-ring (bicyclic) bond motifs is 1. The summed E-state index contributed by atoms with van der Waals surface area (Å²) in [6.07, 6.45) is 6.42. The smallest absolute Gasteiger partial charge is 0.228 e. The predicted molar refractivity (Wildman–Crippen MR) is 108 cm³/mol. The number of hydrogen-bond donors (Lipinski definition) is 0. The maximum absolute atomic E-state index is 4.59. The number of piperidine rings is 1. The molecule has 2 aliphatic rings. The van der Waals surface area contributed by atoms with Crippen LogP contribution in [0.4, 0.5) is 5.95 Å². The van der Waals surface area contributed by atoms with Crippen molar-refractivity contribution in [3.05, 3.63) is 48.0 Å². The van der Waals surface area contributed by atoms with Crippen molar-refractivity contribution in [2.24, 2.45) is 0 Å². The van der Waals surface area contributed by atoms with E-state index in [1.165, 1.54) is 48.4 Å². The third-order valence-corrected chi connectivity index (χ3v) is 6.43. The highest BCUT2D eigenvalue weighted by molar-refractivity contribution is 7.98. The monoisotopic (exact) mass is 364 g/mol. The Kier molecular flexibility index (Phi) is 4.33. The maximum Gasteiger partial charge on any atom is 0.228 e. The van der Waals surface area contributed by atoms with E-state index in [0.717, 1.165) is 29.9 Å². The molecule has 0 spiro atoms. The topological polar surface area (TPSA) is 34.0 Å². The molecule has 2 heterocycles. The zero-order chi connectivity index (χ0) is 17.3. The lowest BCUT2D eigenvalue weighted by atomic mass is 10.1. The van der Waals surface area contributed by atoms with Crippen LogP contribution in [0.1, 0.15) is 43.7 Å². The Bertz CT molecular complexity index is 904. The fourth-order valence-corrected chi connectivity index (χ4v) is 4.89. The molecule has 3 aromatic rings. The highest BCUT2D eigenvalue weighted by Gasteiger charge is 2.32. The molecule has 1 aromatic heterocycles. The Hall–Kier alpha value is -2.01. The van der Waals surface area contributed by atoms with Crippen LogP contribution < -0.4 is 4.90 Å². The van der Waals surface area contributed by atoms with E-state index in [0.29, 0.717) is 6.04 Å². The Morgan fingerprint density at radius 1 is 0.923 bits per heavy atom. The minimum atomic E-state index is 0.608. The molecule has 0 unspecified atom stereocenters. The number of nitrogens with zero attached hydrogens (tertiary/aromatic N) is 4. The molecular formula is C21H24N4S. The maximum atomic E-state index is 4.59. The summed E-state index contributed by atoms with van der Waals surface area (Å²) in [5.41, 5.74) is 1.37. The Morgan fingerprint density at radius 3 is 2.58 bits per heavy atom. The second-order valence-corrected chi connectivity index (χ2v) is 8.30. The predicted octanol–water partition coefficient (Wildman–Crippen LogP) is 5.05. The van der Waals surface area contributed by atoms with Gasteiger partial charge in [-0.1, -0.05) is 54.2 Å². The van der Waals surface area contributed by atoms with E-state index in [-0.39, 0.29) is 0 Å². The van der Waals surface area contributed by atoms with Crippen LogP contribution in [0.15, 0.2) is 47.6 Å². The molecule has 2 aromatic carbocycles. The fourth-order valence-electron chi connectivity index (χ4n) is 3.89. The molecule has 2 fully saturated rings. The zero-order valence-corrected chi connectivity index (χ0v) is 15.8. The second-order valence-electron chi connectivity index (χ2n) is 7.36. The molecule has 5 rings (SSSR count). The molecule has 1 aliphatic heterocycles. The van der Waals surface area contributed by atoms with Crippen LogP contribution in [0.3, 0.4) is 0 Å². The van der Waals surface area contributed by atoms with Gasteiger partial charge in [-0.15, -0.1) is 10.2 Å². The van der Waals surface area contributed by atoms with E-state index in [1.807, 2.05) is 11.8 Å². The zero-order valence-electron chi connectivity index (χ0n) is 15.0. The summed E-state index contributed by atoms with van der Waals surface area (Å²) in [7, 11) is 0. The minimum absolute atomic E-state index is 0.608. The lowest BCUT2D eigenvalue weighted by Crippen LogP contribution is -2.31. The van der Waals surface area contributed by atoms with E-state index in [1.54, 1.807) is 0 Å². The molecule has 0 bridgehead atoms. The molecule has 1 saturated heterocycles. The first kappa shape index (κ1) is 16.2. The van der Waals surface area contributed by atoms with Gasteiger partial charge in [0.2, 0.25) is 5.95 Å². The van der Waals surface area contributed by atoms with E-state index < -0.39 is 0 Å². The summed E-state index contributed by atoms with van der Waals surface area (Å²) in [5, 5.41) is 12.9. The van der Waals surface area contributed by atoms with E-state index in [2.05, 4.69) is 62.1 Å². The Morgan fingerprint density at radius 2 is 1.73 bits per heavy atom. The van der Waals surface area contributed by atoms with Gasteiger partial charge in [-0.25, -0.2) is 0 Å². The Balaban J connectivity index is 1.41. The highest BCUT2D eigenvalue weighted by atomic mass is 32.2. The molecule has 26 heavy (non-hydrogen) atoms. The first-order chi connectivity index (χ1) is 12.9. The number of aromatic nitrogens is 3. The van der Waals surface area contributed by atoms with Crippen molar-refractivity contribution in [1.82, 2.24) is 14.8 Å². The molecular weight excluding hydrogens is 340 g/mol. The summed E-state index contributed by atoms with van der Waals surface area (Å²) in [6, 6.07) is 15.8. The molecule has 1 saturated carbocycles. The van der Waals surface area contributed by atoms with Gasteiger partial charge in [-0.3, -0.25) is 4.57 Å². The van der Waals surface area contributed by atoms with Gasteiger partial charge in [0.25, 0.3) is 0 Å². The average molecular weight is 365 g/mol. The molecule has 5 heteroatoms. The van der Waals surface area contributed by atoms with Gasteiger partial charge >= 0.3 is 0 Å². The number of benzene rings is 2. The molecule has 0 atom stereocenters. The SMILES string of the molecule is c1ccc2c(CSc3nnc(N4CCCCC4)n3C3CC3)cccc2c1. The lowest BCUT2D eigenvalue weighted by Gasteiger charge is -2.27. The quantitative estimate of drug-likeness (QED) is 0.593. The van der Waals surface area contributed by atoms with Gasteiger partial charge < -0.3 is 4.90 Å². The first-order valence-corrected chi connectivity index (χ1v) is 10.7. The third-order valence-electron chi connectivity index (χ3n) is 5.43. The van der Waals surface area contributed by atoms with Gasteiger partial charge in [0.05, 0.1) is 0 Å². The second kappa shape index (κ2) is 6.95.